The summed E-state index contributed by atoms with van der Waals surface area (Å²) in [5.41, 5.74) is 6.89. The molecule has 0 spiro atoms. The Morgan fingerprint density at radius 1 is 0.262 bits per heavy atom. The third-order valence-corrected chi connectivity index (χ3v) is 15.7. The number of para-hydroxylation sites is 2. The van der Waals surface area contributed by atoms with Gasteiger partial charge in [0.2, 0.25) is 0 Å². The first-order valence-electron chi connectivity index (χ1n) is 20.6. The van der Waals surface area contributed by atoms with Gasteiger partial charge in [-0.25, -0.2) is 0 Å². The number of hydrogen-bond donors (Lipinski definition) is 0. The van der Waals surface area contributed by atoms with Gasteiger partial charge in [0.25, 0.3) is 0 Å². The highest BCUT2D eigenvalue weighted by molar-refractivity contribution is 7.27. The van der Waals surface area contributed by atoms with E-state index in [0.29, 0.717) is 0 Å². The molecule has 0 N–H and O–H groups in total. The molecule has 0 bridgehead atoms. The molecule has 13 aromatic rings. The Balaban J connectivity index is 1.12. The first-order chi connectivity index (χ1) is 30.2. The minimum absolute atomic E-state index is 1.13. The van der Waals surface area contributed by atoms with E-state index in [-0.39, 0.29) is 0 Å². The molecule has 0 saturated heterocycles. The Bertz CT molecular complexity index is 3840. The molecule has 286 valence electrons. The topological polar surface area (TPSA) is 6.48 Å². The number of rotatable bonds is 6. The molecular formula is C56H34N2S3. The Morgan fingerprint density at radius 2 is 0.738 bits per heavy atom. The highest BCUT2D eigenvalue weighted by atomic mass is 32.1. The van der Waals surface area contributed by atoms with Gasteiger partial charge in [0.15, 0.2) is 0 Å². The lowest BCUT2D eigenvalue weighted by atomic mass is 9.97. The van der Waals surface area contributed by atoms with E-state index in [1.165, 1.54) is 93.4 Å². The van der Waals surface area contributed by atoms with Crippen molar-refractivity contribution in [2.45, 2.75) is 0 Å². The van der Waals surface area contributed by atoms with Gasteiger partial charge in [-0.1, -0.05) is 121 Å². The van der Waals surface area contributed by atoms with E-state index in [0.717, 1.165) is 22.7 Å². The molecule has 0 aliphatic heterocycles. The zero-order valence-corrected chi connectivity index (χ0v) is 35.2. The van der Waals surface area contributed by atoms with Gasteiger partial charge in [0.05, 0.1) is 11.4 Å². The van der Waals surface area contributed by atoms with Crippen LogP contribution in [-0.4, -0.2) is 0 Å². The van der Waals surface area contributed by atoms with Crippen LogP contribution in [0.2, 0.25) is 0 Å². The molecule has 0 unspecified atom stereocenters. The van der Waals surface area contributed by atoms with Crippen molar-refractivity contribution >= 4 is 150 Å². The summed E-state index contributed by atoms with van der Waals surface area (Å²) in [5.74, 6) is 0. The molecule has 0 aliphatic carbocycles. The lowest BCUT2D eigenvalue weighted by Crippen LogP contribution is -2.11. The third kappa shape index (κ3) is 5.45. The fourth-order valence-corrected chi connectivity index (χ4v) is 13.0. The maximum absolute atomic E-state index is 2.49. The van der Waals surface area contributed by atoms with Crippen LogP contribution in [0.4, 0.5) is 34.1 Å². The van der Waals surface area contributed by atoms with Crippen LogP contribution in [0.15, 0.2) is 206 Å². The SMILES string of the molecule is c1ccc(N(c2ccc3sc4ccccc4c3c2)c2cc3sc4c5ccccc5cc(N(c5ccccc5)c5ccc6sc7ccccc7c6c5)c4c3c3ccccc23)cc1. The molecule has 0 amide bonds. The molecule has 3 heterocycles. The van der Waals surface area contributed by atoms with E-state index in [2.05, 4.69) is 216 Å². The highest BCUT2D eigenvalue weighted by Gasteiger charge is 2.25. The highest BCUT2D eigenvalue weighted by Crippen LogP contribution is 2.53. The van der Waals surface area contributed by atoms with Gasteiger partial charge < -0.3 is 9.80 Å². The van der Waals surface area contributed by atoms with Crippen molar-refractivity contribution in [3.05, 3.63) is 206 Å². The van der Waals surface area contributed by atoms with Crippen LogP contribution in [0.1, 0.15) is 0 Å². The van der Waals surface area contributed by atoms with E-state index in [4.69, 9.17) is 0 Å². The normalized spacial score (nSPS) is 11.9. The predicted molar refractivity (Wildman–Crippen MR) is 269 cm³/mol. The van der Waals surface area contributed by atoms with Gasteiger partial charge in [0, 0.05) is 88.7 Å². The summed E-state index contributed by atoms with van der Waals surface area (Å²) >= 11 is 5.64. The van der Waals surface area contributed by atoms with Crippen LogP contribution < -0.4 is 9.80 Å². The van der Waals surface area contributed by atoms with E-state index in [1.54, 1.807) is 0 Å². The average Bonchev–Trinajstić information content (AvgIpc) is 4.02. The van der Waals surface area contributed by atoms with E-state index < -0.39 is 0 Å². The standard InChI is InChI=1S/C56H34N2S3/c1-3-16-36(17-4-1)57(38-27-29-51-45(32-38)42-22-11-13-25-49(42)59-51)47-34-53-54(44-24-10-9-21-41(44)47)55-48(31-35-15-7-8-20-40(35)56(55)61-53)58(37-18-5-2-6-19-37)39-28-30-52-46(33-39)43-23-12-14-26-50(43)60-52/h1-34H. The molecule has 13 rings (SSSR count). The van der Waals surface area contributed by atoms with Crippen LogP contribution in [0.5, 0.6) is 0 Å². The van der Waals surface area contributed by atoms with Gasteiger partial charge >= 0.3 is 0 Å². The molecule has 0 saturated carbocycles. The Labute approximate surface area is 364 Å². The van der Waals surface area contributed by atoms with Crippen LogP contribution >= 0.6 is 34.0 Å². The van der Waals surface area contributed by atoms with E-state index >= 15 is 0 Å². The number of benzene rings is 10. The van der Waals surface area contributed by atoms with Gasteiger partial charge in [-0.05, 0) is 101 Å². The molecule has 0 fully saturated rings. The minimum Gasteiger partial charge on any atom is -0.310 e. The molecule has 61 heavy (non-hydrogen) atoms. The second-order valence-electron chi connectivity index (χ2n) is 15.6. The number of anilines is 6. The van der Waals surface area contributed by atoms with Crippen LogP contribution in [0.3, 0.4) is 0 Å². The zero-order chi connectivity index (χ0) is 40.0. The maximum Gasteiger partial charge on any atom is 0.0561 e. The van der Waals surface area contributed by atoms with E-state index in [1.807, 2.05) is 34.0 Å². The molecule has 2 nitrogen and oxygen atoms in total. The van der Waals surface area contributed by atoms with Gasteiger partial charge in [-0.15, -0.1) is 34.0 Å². The second kappa shape index (κ2) is 13.8. The van der Waals surface area contributed by atoms with Crippen molar-refractivity contribution in [3.8, 4) is 0 Å². The number of nitrogens with zero attached hydrogens (tertiary/aromatic N) is 2. The summed E-state index contributed by atoms with van der Waals surface area (Å²) < 4.78 is 7.79. The summed E-state index contributed by atoms with van der Waals surface area (Å²) in [5, 5.41) is 12.7. The summed E-state index contributed by atoms with van der Waals surface area (Å²) in [6, 6.07) is 76.2. The molecule has 3 aromatic heterocycles. The fourth-order valence-electron chi connectivity index (χ4n) is 9.50. The van der Waals surface area contributed by atoms with Crippen molar-refractivity contribution in [1.82, 2.24) is 0 Å². The predicted octanol–water partition coefficient (Wildman–Crippen LogP) is 18.0. The summed E-state index contributed by atoms with van der Waals surface area (Å²) in [6.07, 6.45) is 0. The van der Waals surface area contributed by atoms with Gasteiger partial charge in [-0.3, -0.25) is 0 Å². The second-order valence-corrected chi connectivity index (χ2v) is 18.9. The molecule has 0 radical (unpaired) electrons. The molecular weight excluding hydrogens is 797 g/mol. The molecule has 5 heteroatoms. The van der Waals surface area contributed by atoms with Crippen molar-refractivity contribution in [2.24, 2.45) is 0 Å². The molecule has 0 atom stereocenters. The first kappa shape index (κ1) is 34.8. The smallest absolute Gasteiger partial charge is 0.0561 e. The molecule has 0 aliphatic rings. The average molecular weight is 831 g/mol. The largest absolute Gasteiger partial charge is 0.310 e. The van der Waals surface area contributed by atoms with Crippen molar-refractivity contribution in [3.63, 3.8) is 0 Å². The Kier molecular flexibility index (Phi) is 7.85. The van der Waals surface area contributed by atoms with E-state index in [9.17, 15) is 0 Å². The van der Waals surface area contributed by atoms with Gasteiger partial charge in [-0.2, -0.15) is 0 Å². The van der Waals surface area contributed by atoms with Gasteiger partial charge in [0.1, 0.15) is 0 Å². The van der Waals surface area contributed by atoms with Crippen molar-refractivity contribution in [2.75, 3.05) is 9.80 Å². The third-order valence-electron chi connectivity index (χ3n) is 12.2. The first-order valence-corrected chi connectivity index (χ1v) is 23.0. The monoisotopic (exact) mass is 830 g/mol. The van der Waals surface area contributed by atoms with Crippen LogP contribution in [0.25, 0.3) is 82.1 Å². The van der Waals surface area contributed by atoms with Crippen molar-refractivity contribution in [1.29, 1.82) is 0 Å². The lowest BCUT2D eigenvalue weighted by molar-refractivity contribution is 1.31. The van der Waals surface area contributed by atoms with Crippen LogP contribution in [-0.2, 0) is 0 Å². The lowest BCUT2D eigenvalue weighted by Gasteiger charge is -2.28. The fraction of sp³-hybridized carbons (Fsp3) is 0. The number of thiophene rings is 3. The number of hydrogen-bond acceptors (Lipinski definition) is 5. The maximum atomic E-state index is 2.49. The molecule has 10 aromatic carbocycles. The quantitative estimate of drug-likeness (QED) is 0.165. The zero-order valence-electron chi connectivity index (χ0n) is 32.7. The Hall–Kier alpha value is -7.02. The summed E-state index contributed by atoms with van der Waals surface area (Å²) in [4.78, 5) is 4.96. The minimum atomic E-state index is 1.13. The summed E-state index contributed by atoms with van der Waals surface area (Å²) in [6.45, 7) is 0. The van der Waals surface area contributed by atoms with Crippen LogP contribution in [0, 0.1) is 0 Å². The number of fused-ring (bicyclic) bond motifs is 13. The Morgan fingerprint density at radius 3 is 1.34 bits per heavy atom. The summed E-state index contributed by atoms with van der Waals surface area (Å²) in [7, 11) is 0. The van der Waals surface area contributed by atoms with Crippen molar-refractivity contribution < 1.29 is 0 Å².